The minimum absolute atomic E-state index is 0.0169. The summed E-state index contributed by atoms with van der Waals surface area (Å²) >= 11 is 0. The van der Waals surface area contributed by atoms with Crippen LogP contribution in [0.2, 0.25) is 0 Å². The number of aromatic nitrogens is 2. The molecule has 0 spiro atoms. The van der Waals surface area contributed by atoms with Gasteiger partial charge in [0.1, 0.15) is 0 Å². The van der Waals surface area contributed by atoms with Gasteiger partial charge in [0, 0.05) is 12.7 Å². The summed E-state index contributed by atoms with van der Waals surface area (Å²) in [5.74, 6) is -0.0169. The van der Waals surface area contributed by atoms with E-state index in [4.69, 9.17) is 5.73 Å². The molecule has 1 aromatic rings. The number of nitrogens with zero attached hydrogens (tertiary/aromatic N) is 2. The van der Waals surface area contributed by atoms with Crippen LogP contribution in [-0.2, 0) is 6.54 Å². The van der Waals surface area contributed by atoms with E-state index in [0.29, 0.717) is 12.0 Å². The van der Waals surface area contributed by atoms with E-state index in [1.54, 1.807) is 24.0 Å². The van der Waals surface area contributed by atoms with Crippen molar-refractivity contribution in [3.8, 4) is 0 Å². The minimum atomic E-state index is -0.769. The van der Waals surface area contributed by atoms with Crippen molar-refractivity contribution in [3.63, 3.8) is 0 Å². The van der Waals surface area contributed by atoms with E-state index >= 15 is 0 Å². The van der Waals surface area contributed by atoms with Gasteiger partial charge in [0.05, 0.1) is 17.3 Å². The van der Waals surface area contributed by atoms with Gasteiger partial charge < -0.3 is 5.73 Å². The van der Waals surface area contributed by atoms with Crippen LogP contribution in [0.15, 0.2) is 12.4 Å². The number of hydrogen-bond acceptors (Lipinski definition) is 3. The zero-order valence-corrected chi connectivity index (χ0v) is 10.4. The van der Waals surface area contributed by atoms with Gasteiger partial charge in [0.2, 0.25) is 0 Å². The molecule has 1 rings (SSSR count). The van der Waals surface area contributed by atoms with Gasteiger partial charge in [-0.15, -0.1) is 0 Å². The van der Waals surface area contributed by atoms with Crippen LogP contribution >= 0.6 is 0 Å². The molecule has 16 heavy (non-hydrogen) atoms. The first-order valence-corrected chi connectivity index (χ1v) is 5.87. The van der Waals surface area contributed by atoms with E-state index in [1.807, 2.05) is 6.92 Å². The standard InChI is InChI=1S/C12H21N3O/c1-4-6-12(3,13)11(16)10-8-14-15(9-10)7-5-2/h8-9H,4-7,13H2,1-3H3. The maximum absolute atomic E-state index is 12.1. The number of carbonyl (C=O) groups excluding carboxylic acids is 1. The predicted molar refractivity (Wildman–Crippen MR) is 64.3 cm³/mol. The second-order valence-electron chi connectivity index (χ2n) is 4.49. The molecular weight excluding hydrogens is 202 g/mol. The summed E-state index contributed by atoms with van der Waals surface area (Å²) in [5.41, 5.74) is 5.85. The van der Waals surface area contributed by atoms with Gasteiger partial charge in [-0.2, -0.15) is 5.10 Å². The van der Waals surface area contributed by atoms with E-state index in [2.05, 4.69) is 12.0 Å². The monoisotopic (exact) mass is 223 g/mol. The maximum Gasteiger partial charge on any atom is 0.185 e. The number of hydrogen-bond donors (Lipinski definition) is 1. The molecular formula is C12H21N3O. The molecule has 0 saturated carbocycles. The van der Waals surface area contributed by atoms with E-state index in [9.17, 15) is 4.79 Å². The summed E-state index contributed by atoms with van der Waals surface area (Å²) in [6, 6.07) is 0. The third kappa shape index (κ3) is 2.92. The predicted octanol–water partition coefficient (Wildman–Crippen LogP) is 1.99. The molecule has 1 unspecified atom stereocenters. The van der Waals surface area contributed by atoms with Crippen LogP contribution in [0.4, 0.5) is 0 Å². The molecule has 0 radical (unpaired) electrons. The van der Waals surface area contributed by atoms with Gasteiger partial charge in [0.25, 0.3) is 0 Å². The summed E-state index contributed by atoms with van der Waals surface area (Å²) in [6.07, 6.45) is 6.00. The fourth-order valence-corrected chi connectivity index (χ4v) is 1.79. The molecule has 0 aliphatic carbocycles. The first-order chi connectivity index (χ1) is 7.51. The lowest BCUT2D eigenvalue weighted by Gasteiger charge is -2.21. The topological polar surface area (TPSA) is 60.9 Å². The smallest absolute Gasteiger partial charge is 0.185 e. The largest absolute Gasteiger partial charge is 0.319 e. The van der Waals surface area contributed by atoms with Crippen LogP contribution in [0, 0.1) is 0 Å². The quantitative estimate of drug-likeness (QED) is 0.750. The third-order valence-electron chi connectivity index (χ3n) is 2.64. The average molecular weight is 223 g/mol. The Morgan fingerprint density at radius 2 is 2.19 bits per heavy atom. The van der Waals surface area contributed by atoms with Crippen molar-refractivity contribution in [3.05, 3.63) is 18.0 Å². The third-order valence-corrected chi connectivity index (χ3v) is 2.64. The summed E-state index contributed by atoms with van der Waals surface area (Å²) in [6.45, 7) is 6.73. The van der Waals surface area contributed by atoms with Crippen molar-refractivity contribution in [1.29, 1.82) is 0 Å². The van der Waals surface area contributed by atoms with Crippen LogP contribution < -0.4 is 5.73 Å². The van der Waals surface area contributed by atoms with Crippen LogP contribution in [-0.4, -0.2) is 21.1 Å². The van der Waals surface area contributed by atoms with Crippen LogP contribution in [0.5, 0.6) is 0 Å². The zero-order chi connectivity index (χ0) is 12.2. The SMILES string of the molecule is CCCn1cc(C(=O)C(C)(N)CCC)cn1. The number of Topliss-reactive ketones (excluding diaryl/α,β-unsaturated/α-hetero) is 1. The van der Waals surface area contributed by atoms with Gasteiger partial charge in [0.15, 0.2) is 5.78 Å². The molecule has 1 atom stereocenters. The first kappa shape index (κ1) is 12.9. The Kier molecular flexibility index (Phi) is 4.24. The van der Waals surface area contributed by atoms with Gasteiger partial charge in [-0.1, -0.05) is 20.3 Å². The van der Waals surface area contributed by atoms with Crippen molar-refractivity contribution < 1.29 is 4.79 Å². The lowest BCUT2D eigenvalue weighted by atomic mass is 9.89. The molecule has 0 amide bonds. The second-order valence-corrected chi connectivity index (χ2v) is 4.49. The van der Waals surface area contributed by atoms with Gasteiger partial charge in [-0.25, -0.2) is 0 Å². The number of rotatable bonds is 6. The van der Waals surface area contributed by atoms with Crippen LogP contribution in [0.25, 0.3) is 0 Å². The van der Waals surface area contributed by atoms with E-state index in [1.165, 1.54) is 0 Å². The Morgan fingerprint density at radius 3 is 2.75 bits per heavy atom. The molecule has 1 aromatic heterocycles. The van der Waals surface area contributed by atoms with Crippen molar-refractivity contribution in [2.45, 2.75) is 52.1 Å². The van der Waals surface area contributed by atoms with Crippen LogP contribution in [0.3, 0.4) is 0 Å². The molecule has 0 aliphatic rings. The fourth-order valence-electron chi connectivity index (χ4n) is 1.79. The molecule has 0 aromatic carbocycles. The first-order valence-electron chi connectivity index (χ1n) is 5.87. The molecule has 2 N–H and O–H groups in total. The Labute approximate surface area is 96.8 Å². The summed E-state index contributed by atoms with van der Waals surface area (Å²) < 4.78 is 1.79. The number of aryl methyl sites for hydroxylation is 1. The normalized spacial score (nSPS) is 14.8. The van der Waals surface area contributed by atoms with Gasteiger partial charge in [-0.3, -0.25) is 9.48 Å². The van der Waals surface area contributed by atoms with E-state index in [-0.39, 0.29) is 5.78 Å². The number of nitrogens with two attached hydrogens (primary N) is 1. The molecule has 0 bridgehead atoms. The molecule has 1 heterocycles. The van der Waals surface area contributed by atoms with Crippen LogP contribution in [0.1, 0.15) is 50.4 Å². The number of ketones is 1. The molecule has 0 aliphatic heterocycles. The Bertz CT molecular complexity index is 355. The van der Waals surface area contributed by atoms with Crippen molar-refractivity contribution >= 4 is 5.78 Å². The lowest BCUT2D eigenvalue weighted by Crippen LogP contribution is -2.44. The van der Waals surface area contributed by atoms with Gasteiger partial charge in [-0.05, 0) is 19.8 Å². The maximum atomic E-state index is 12.1. The highest BCUT2D eigenvalue weighted by Gasteiger charge is 2.29. The fraction of sp³-hybridized carbons (Fsp3) is 0.667. The van der Waals surface area contributed by atoms with Gasteiger partial charge >= 0.3 is 0 Å². The minimum Gasteiger partial charge on any atom is -0.319 e. The van der Waals surface area contributed by atoms with Crippen molar-refractivity contribution in [2.24, 2.45) is 5.73 Å². The Morgan fingerprint density at radius 1 is 1.50 bits per heavy atom. The summed E-state index contributed by atoms with van der Waals surface area (Å²) in [4.78, 5) is 12.1. The molecule has 0 fully saturated rings. The molecule has 4 heteroatoms. The Balaban J connectivity index is 2.79. The Hall–Kier alpha value is -1.16. The zero-order valence-electron chi connectivity index (χ0n) is 10.4. The highest BCUT2D eigenvalue weighted by Crippen LogP contribution is 2.15. The highest BCUT2D eigenvalue weighted by molar-refractivity contribution is 6.02. The number of carbonyl (C=O) groups is 1. The second kappa shape index (κ2) is 5.25. The van der Waals surface area contributed by atoms with Crippen molar-refractivity contribution in [1.82, 2.24) is 9.78 Å². The lowest BCUT2D eigenvalue weighted by molar-refractivity contribution is 0.0893. The average Bonchev–Trinajstić information content (AvgIpc) is 2.65. The van der Waals surface area contributed by atoms with E-state index in [0.717, 1.165) is 19.4 Å². The summed E-state index contributed by atoms with van der Waals surface area (Å²) in [7, 11) is 0. The highest BCUT2D eigenvalue weighted by atomic mass is 16.1. The molecule has 4 nitrogen and oxygen atoms in total. The molecule has 90 valence electrons. The van der Waals surface area contributed by atoms with E-state index < -0.39 is 5.54 Å². The molecule has 0 saturated heterocycles. The summed E-state index contributed by atoms with van der Waals surface area (Å²) in [5, 5.41) is 4.14. The van der Waals surface area contributed by atoms with Crippen molar-refractivity contribution in [2.75, 3.05) is 0 Å².